The summed E-state index contributed by atoms with van der Waals surface area (Å²) in [5.74, 6) is -0.487. The first-order chi connectivity index (χ1) is 8.95. The van der Waals surface area contributed by atoms with Crippen LogP contribution in [0.25, 0.3) is 11.4 Å². The monoisotopic (exact) mass is 285 g/mol. The van der Waals surface area contributed by atoms with Crippen molar-refractivity contribution in [3.8, 4) is 11.4 Å². The van der Waals surface area contributed by atoms with Crippen molar-refractivity contribution in [3.63, 3.8) is 0 Å². The van der Waals surface area contributed by atoms with Gasteiger partial charge in [0.25, 0.3) is 15.2 Å². The van der Waals surface area contributed by atoms with Gasteiger partial charge in [0.2, 0.25) is 0 Å². The molecule has 0 fully saturated rings. The second kappa shape index (κ2) is 5.02. The molecule has 0 aliphatic carbocycles. The van der Waals surface area contributed by atoms with Gasteiger partial charge in [-0.05, 0) is 12.5 Å². The Balaban J connectivity index is 2.66. The van der Waals surface area contributed by atoms with E-state index >= 15 is 0 Å². The minimum atomic E-state index is -4.00. The first-order valence-electron chi connectivity index (χ1n) is 5.51. The maximum atomic E-state index is 13.7. The molecule has 102 valence electrons. The number of hydrogen-bond donors (Lipinski definition) is 1. The van der Waals surface area contributed by atoms with Crippen LogP contribution in [0.4, 0.5) is 4.39 Å². The number of hydrogen-bond acceptors (Lipinski definition) is 5. The van der Waals surface area contributed by atoms with Crippen molar-refractivity contribution in [3.05, 3.63) is 24.3 Å². The highest BCUT2D eigenvalue weighted by molar-refractivity contribution is 7.89. The second-order valence-corrected chi connectivity index (χ2v) is 5.31. The molecule has 19 heavy (non-hydrogen) atoms. The molecule has 0 saturated heterocycles. The topological polar surface area (TPSA) is 104 Å². The van der Waals surface area contributed by atoms with Crippen molar-refractivity contribution in [2.75, 3.05) is 0 Å². The molecule has 2 heterocycles. The summed E-state index contributed by atoms with van der Waals surface area (Å²) in [5.41, 5.74) is 0.130. The molecule has 0 spiro atoms. The van der Waals surface area contributed by atoms with E-state index in [0.29, 0.717) is 13.0 Å². The maximum absolute atomic E-state index is 13.7. The van der Waals surface area contributed by atoms with Crippen LogP contribution in [0.2, 0.25) is 0 Å². The number of sulfonamides is 1. The van der Waals surface area contributed by atoms with Crippen LogP contribution in [0.1, 0.15) is 13.3 Å². The van der Waals surface area contributed by atoms with Gasteiger partial charge in [-0.3, -0.25) is 9.55 Å². The third-order valence-corrected chi connectivity index (χ3v) is 3.24. The van der Waals surface area contributed by atoms with E-state index in [1.54, 1.807) is 0 Å². The van der Waals surface area contributed by atoms with Gasteiger partial charge in [-0.1, -0.05) is 6.92 Å². The molecule has 0 aliphatic heterocycles. The van der Waals surface area contributed by atoms with Crippen LogP contribution < -0.4 is 5.14 Å². The van der Waals surface area contributed by atoms with Gasteiger partial charge in [0, 0.05) is 12.7 Å². The Kier molecular flexibility index (Phi) is 3.58. The van der Waals surface area contributed by atoms with E-state index in [2.05, 4.69) is 15.2 Å². The summed E-state index contributed by atoms with van der Waals surface area (Å²) in [6.45, 7) is 2.16. The Morgan fingerprint density at radius 2 is 2.16 bits per heavy atom. The maximum Gasteiger partial charge on any atom is 0.273 e. The van der Waals surface area contributed by atoms with Gasteiger partial charge in [-0.15, -0.1) is 10.2 Å². The number of rotatable bonds is 4. The van der Waals surface area contributed by atoms with Crippen LogP contribution >= 0.6 is 0 Å². The molecule has 0 aliphatic rings. The molecule has 2 aromatic rings. The summed E-state index contributed by atoms with van der Waals surface area (Å²) in [4.78, 5) is 3.63. The first kappa shape index (κ1) is 13.6. The zero-order chi connectivity index (χ0) is 14.0. The Labute approximate surface area is 109 Å². The Morgan fingerprint density at radius 1 is 1.42 bits per heavy atom. The molecule has 0 aromatic carbocycles. The van der Waals surface area contributed by atoms with E-state index < -0.39 is 15.8 Å². The SMILES string of the molecule is CCCn1c(-c2ccncc2F)nnc1S(N)(=O)=O. The predicted molar refractivity (Wildman–Crippen MR) is 64.9 cm³/mol. The number of pyridine rings is 1. The van der Waals surface area contributed by atoms with Gasteiger partial charge in [0.1, 0.15) is 0 Å². The molecule has 2 aromatic heterocycles. The van der Waals surface area contributed by atoms with Gasteiger partial charge in [0.05, 0.1) is 11.8 Å². The molecular weight excluding hydrogens is 273 g/mol. The molecule has 0 atom stereocenters. The second-order valence-electron chi connectivity index (χ2n) is 3.86. The molecular formula is C10H12FN5O2S. The Hall–Kier alpha value is -1.87. The molecule has 0 amide bonds. The zero-order valence-corrected chi connectivity index (χ0v) is 10.9. The van der Waals surface area contributed by atoms with Crippen molar-refractivity contribution < 1.29 is 12.8 Å². The summed E-state index contributed by atoms with van der Waals surface area (Å²) >= 11 is 0. The van der Waals surface area contributed by atoms with Gasteiger partial charge >= 0.3 is 0 Å². The highest BCUT2D eigenvalue weighted by Crippen LogP contribution is 2.22. The largest absolute Gasteiger partial charge is 0.297 e. The molecule has 7 nitrogen and oxygen atoms in total. The van der Waals surface area contributed by atoms with E-state index in [0.717, 1.165) is 6.20 Å². The van der Waals surface area contributed by atoms with E-state index in [-0.39, 0.29) is 16.5 Å². The lowest BCUT2D eigenvalue weighted by Gasteiger charge is -2.08. The van der Waals surface area contributed by atoms with E-state index in [1.807, 2.05) is 6.92 Å². The summed E-state index contributed by atoms with van der Waals surface area (Å²) in [6.07, 6.45) is 3.04. The van der Waals surface area contributed by atoms with Crippen molar-refractivity contribution in [2.24, 2.45) is 5.14 Å². The molecule has 2 rings (SSSR count). The van der Waals surface area contributed by atoms with Crippen LogP contribution in [-0.4, -0.2) is 28.2 Å². The first-order valence-corrected chi connectivity index (χ1v) is 7.05. The lowest BCUT2D eigenvalue weighted by Crippen LogP contribution is -2.19. The van der Waals surface area contributed by atoms with Crippen LogP contribution in [0.5, 0.6) is 0 Å². The van der Waals surface area contributed by atoms with Crippen LogP contribution in [0.15, 0.2) is 23.6 Å². The Bertz CT molecular complexity index is 698. The van der Waals surface area contributed by atoms with Gasteiger partial charge in [-0.25, -0.2) is 17.9 Å². The highest BCUT2D eigenvalue weighted by atomic mass is 32.2. The number of halogens is 1. The van der Waals surface area contributed by atoms with E-state index in [9.17, 15) is 12.8 Å². The fraction of sp³-hybridized carbons (Fsp3) is 0.300. The minimum Gasteiger partial charge on any atom is -0.297 e. The zero-order valence-electron chi connectivity index (χ0n) is 10.1. The number of nitrogens with zero attached hydrogens (tertiary/aromatic N) is 4. The highest BCUT2D eigenvalue weighted by Gasteiger charge is 2.22. The summed E-state index contributed by atoms with van der Waals surface area (Å²) in [5, 5.41) is 11.9. The number of nitrogens with two attached hydrogens (primary N) is 1. The molecule has 0 radical (unpaired) electrons. The van der Waals surface area contributed by atoms with Crippen molar-refractivity contribution >= 4 is 10.0 Å². The molecule has 2 N–H and O–H groups in total. The molecule has 0 saturated carbocycles. The minimum absolute atomic E-state index is 0.116. The fourth-order valence-corrected chi connectivity index (χ4v) is 2.32. The number of aromatic nitrogens is 4. The van der Waals surface area contributed by atoms with Crippen LogP contribution in [-0.2, 0) is 16.6 Å². The third-order valence-electron chi connectivity index (χ3n) is 2.43. The van der Waals surface area contributed by atoms with Gasteiger partial charge in [0.15, 0.2) is 11.6 Å². The molecule has 0 unspecified atom stereocenters. The number of primary sulfonamides is 1. The van der Waals surface area contributed by atoms with Gasteiger partial charge < -0.3 is 0 Å². The fourth-order valence-electron chi connectivity index (χ4n) is 1.68. The Morgan fingerprint density at radius 3 is 2.74 bits per heavy atom. The van der Waals surface area contributed by atoms with Crippen molar-refractivity contribution in [2.45, 2.75) is 25.0 Å². The van der Waals surface area contributed by atoms with E-state index in [4.69, 9.17) is 5.14 Å². The summed E-state index contributed by atoms with van der Waals surface area (Å²) in [6, 6.07) is 1.40. The third kappa shape index (κ3) is 2.61. The van der Waals surface area contributed by atoms with Crippen LogP contribution in [0, 0.1) is 5.82 Å². The summed E-state index contributed by atoms with van der Waals surface area (Å²) in [7, 11) is -4.00. The van der Waals surface area contributed by atoms with Crippen molar-refractivity contribution in [1.82, 2.24) is 19.7 Å². The predicted octanol–water partition coefficient (Wildman–Crippen LogP) is 0.537. The normalized spacial score (nSPS) is 11.7. The average molecular weight is 285 g/mol. The lowest BCUT2D eigenvalue weighted by atomic mass is 10.2. The quantitative estimate of drug-likeness (QED) is 0.882. The average Bonchev–Trinajstić information content (AvgIpc) is 2.74. The van der Waals surface area contributed by atoms with E-state index in [1.165, 1.54) is 16.8 Å². The lowest BCUT2D eigenvalue weighted by molar-refractivity contribution is 0.558. The standard InChI is InChI=1S/C10H12FN5O2S/c1-2-5-16-9(7-3-4-13-6-8(7)11)14-15-10(16)19(12,17)18/h3-4,6H,2,5H2,1H3,(H2,12,17,18). The van der Waals surface area contributed by atoms with Crippen molar-refractivity contribution in [1.29, 1.82) is 0 Å². The van der Waals surface area contributed by atoms with Crippen LogP contribution in [0.3, 0.4) is 0 Å². The van der Waals surface area contributed by atoms with Gasteiger partial charge in [-0.2, -0.15) is 0 Å². The smallest absolute Gasteiger partial charge is 0.273 e. The summed E-state index contributed by atoms with van der Waals surface area (Å²) < 4.78 is 37.8. The molecule has 9 heteroatoms. The molecule has 0 bridgehead atoms.